The third-order valence-corrected chi connectivity index (χ3v) is 10.7. The van der Waals surface area contributed by atoms with Gasteiger partial charge in [0, 0.05) is 63.1 Å². The second-order valence-electron chi connectivity index (χ2n) is 14.7. The Kier molecular flexibility index (Phi) is 11.6. The molecule has 4 aromatic carbocycles. The van der Waals surface area contributed by atoms with E-state index in [2.05, 4.69) is 40.2 Å². The second kappa shape index (κ2) is 16.9. The van der Waals surface area contributed by atoms with Crippen molar-refractivity contribution >= 4 is 39.3 Å². The average Bonchev–Trinajstić information content (AvgIpc) is 3.22. The molecule has 0 spiro atoms. The Morgan fingerprint density at radius 3 is 1.61 bits per heavy atom. The van der Waals surface area contributed by atoms with Crippen LogP contribution in [-0.4, -0.2) is 105 Å². The van der Waals surface area contributed by atoms with E-state index in [1.54, 1.807) is 29.2 Å². The maximum absolute atomic E-state index is 12.7. The normalized spacial score (nSPS) is 15.7. The van der Waals surface area contributed by atoms with Gasteiger partial charge in [0.2, 0.25) is 0 Å². The first-order valence-corrected chi connectivity index (χ1v) is 19.4. The van der Waals surface area contributed by atoms with Crippen LogP contribution in [0.3, 0.4) is 0 Å². The number of hydrogen-bond donors (Lipinski definition) is 4. The van der Waals surface area contributed by atoms with Gasteiger partial charge in [-0.1, -0.05) is 56.7 Å². The zero-order valence-electron chi connectivity index (χ0n) is 32.5. The van der Waals surface area contributed by atoms with Gasteiger partial charge in [-0.05, 0) is 79.4 Å². The van der Waals surface area contributed by atoms with Gasteiger partial charge in [-0.2, -0.15) is 0 Å². The van der Waals surface area contributed by atoms with Crippen LogP contribution >= 0.6 is 0 Å². The van der Waals surface area contributed by atoms with Crippen LogP contribution in [0.1, 0.15) is 31.4 Å². The van der Waals surface area contributed by atoms with Crippen molar-refractivity contribution in [2.45, 2.75) is 40.2 Å². The summed E-state index contributed by atoms with van der Waals surface area (Å²) in [7, 11) is 0. The predicted octanol–water partition coefficient (Wildman–Crippen LogP) is 6.09. The molecule has 4 N–H and O–H groups in total. The van der Waals surface area contributed by atoms with Gasteiger partial charge in [-0.15, -0.1) is 0 Å². The minimum Gasteiger partial charge on any atom is -0.507 e. The number of phenols is 2. The summed E-state index contributed by atoms with van der Waals surface area (Å²) in [6, 6.07) is 26.6. The summed E-state index contributed by atoms with van der Waals surface area (Å²) in [4.78, 5) is 37.9. The summed E-state index contributed by atoms with van der Waals surface area (Å²) in [5.41, 5.74) is 5.24. The van der Waals surface area contributed by atoms with E-state index in [0.717, 1.165) is 77.2 Å². The van der Waals surface area contributed by atoms with Gasteiger partial charge in [0.1, 0.15) is 29.2 Å². The first-order valence-electron chi connectivity index (χ1n) is 19.4. The number of anilines is 2. The molecule has 2 atom stereocenters. The lowest BCUT2D eigenvalue weighted by molar-refractivity contribution is -0.143. The summed E-state index contributed by atoms with van der Waals surface area (Å²) in [6.45, 7) is 14.0. The van der Waals surface area contributed by atoms with Crippen LogP contribution in [0.2, 0.25) is 0 Å². The van der Waals surface area contributed by atoms with E-state index in [-0.39, 0.29) is 23.3 Å². The van der Waals surface area contributed by atoms with Crippen LogP contribution in [0.5, 0.6) is 11.5 Å². The minimum atomic E-state index is -0.956. The molecule has 0 unspecified atom stereocenters. The maximum Gasteiger partial charge on any atom is 0.251 e. The summed E-state index contributed by atoms with van der Waals surface area (Å²) in [5, 5.41) is 36.2. The molecule has 0 bridgehead atoms. The fourth-order valence-electron chi connectivity index (χ4n) is 7.16. The molecule has 0 saturated carbocycles. The number of hydrogen-bond acceptors (Lipinski definition) is 11. The monoisotopic (exact) mass is 754 g/mol. The van der Waals surface area contributed by atoms with E-state index < -0.39 is 6.10 Å². The van der Waals surface area contributed by atoms with E-state index in [1.807, 2.05) is 63.2 Å². The fraction of sp³-hybridized carbons (Fsp3) is 0.341. The number of aromatic hydroxyl groups is 2. The molecule has 12 heteroatoms. The molecule has 6 aromatic rings. The van der Waals surface area contributed by atoms with Crippen molar-refractivity contribution in [1.82, 2.24) is 30.2 Å². The van der Waals surface area contributed by atoms with Crippen LogP contribution in [0, 0.1) is 19.8 Å². The van der Waals surface area contributed by atoms with Gasteiger partial charge in [0.05, 0.1) is 22.2 Å². The van der Waals surface area contributed by atoms with Crippen LogP contribution in [-0.2, 0) is 4.79 Å². The van der Waals surface area contributed by atoms with Crippen molar-refractivity contribution in [3.8, 4) is 34.3 Å². The minimum absolute atomic E-state index is 0.0596. The fourth-order valence-corrected chi connectivity index (χ4v) is 7.16. The van der Waals surface area contributed by atoms with Crippen molar-refractivity contribution in [2.24, 2.45) is 5.92 Å². The number of amides is 1. The van der Waals surface area contributed by atoms with Crippen LogP contribution < -0.4 is 15.1 Å². The summed E-state index contributed by atoms with van der Waals surface area (Å²) in [5.74, 6) is 2.87. The molecule has 2 aliphatic rings. The van der Waals surface area contributed by atoms with Crippen LogP contribution in [0.15, 0.2) is 84.9 Å². The van der Waals surface area contributed by atoms with E-state index in [0.29, 0.717) is 49.0 Å². The van der Waals surface area contributed by atoms with Crippen molar-refractivity contribution < 1.29 is 20.1 Å². The molecule has 0 radical (unpaired) electrons. The lowest BCUT2D eigenvalue weighted by Crippen LogP contribution is -2.52. The topological polar surface area (TPSA) is 151 Å². The maximum atomic E-state index is 12.7. The number of aromatic nitrogens is 4. The Morgan fingerprint density at radius 1 is 0.679 bits per heavy atom. The van der Waals surface area contributed by atoms with E-state index >= 15 is 0 Å². The number of aliphatic hydroxyl groups is 1. The molecular formula is C44H50N8O4. The zero-order valence-corrected chi connectivity index (χ0v) is 32.5. The Balaban J connectivity index is 0.000000178. The zero-order chi connectivity index (χ0) is 39.3. The molecule has 0 aliphatic carbocycles. The first-order chi connectivity index (χ1) is 27.1. The number of benzene rings is 4. The molecular weight excluding hydrogens is 705 g/mol. The number of aliphatic hydroxyl groups excluding tert-OH is 1. The highest BCUT2D eigenvalue weighted by molar-refractivity contribution is 5.93. The van der Waals surface area contributed by atoms with Gasteiger partial charge in [0.15, 0.2) is 11.6 Å². The van der Waals surface area contributed by atoms with Gasteiger partial charge in [-0.25, -0.2) is 19.9 Å². The van der Waals surface area contributed by atoms with Gasteiger partial charge < -0.3 is 35.3 Å². The van der Waals surface area contributed by atoms with Crippen LogP contribution in [0.25, 0.3) is 44.6 Å². The summed E-state index contributed by atoms with van der Waals surface area (Å²) >= 11 is 0. The van der Waals surface area contributed by atoms with Crippen molar-refractivity contribution in [2.75, 3.05) is 62.2 Å². The van der Waals surface area contributed by atoms with Crippen LogP contribution in [0.4, 0.5) is 11.6 Å². The number of rotatable bonds is 7. The molecule has 56 heavy (non-hydrogen) atoms. The third-order valence-electron chi connectivity index (χ3n) is 10.7. The Labute approximate surface area is 327 Å². The number of carbonyl (C=O) groups excluding carboxylic acids is 1. The molecule has 12 nitrogen and oxygen atoms in total. The lowest BCUT2D eigenvalue weighted by atomic mass is 10.0. The van der Waals surface area contributed by atoms with Gasteiger partial charge >= 0.3 is 0 Å². The SMILES string of the molecule is CC[C@@H](C)[C@@H](O)C(=O)N1CCN(c2nc(-c3ccccc3O)nc3cc(C)ccc23)CC1.Cc1ccc2c(N3CCNCC3)nc(-c3ccccc3O)nc2c1. The number of piperazine rings is 2. The smallest absolute Gasteiger partial charge is 0.251 e. The van der Waals surface area contributed by atoms with E-state index in [1.165, 1.54) is 0 Å². The molecule has 2 aliphatic heterocycles. The van der Waals surface area contributed by atoms with Gasteiger partial charge in [0.25, 0.3) is 5.91 Å². The quantitative estimate of drug-likeness (QED) is 0.150. The Bertz CT molecular complexity index is 2340. The molecule has 290 valence electrons. The number of aryl methyl sites for hydroxylation is 2. The predicted molar refractivity (Wildman–Crippen MR) is 222 cm³/mol. The second-order valence-corrected chi connectivity index (χ2v) is 14.7. The molecule has 4 heterocycles. The van der Waals surface area contributed by atoms with E-state index in [9.17, 15) is 20.1 Å². The first kappa shape index (κ1) is 38.4. The largest absolute Gasteiger partial charge is 0.507 e. The molecule has 8 rings (SSSR count). The summed E-state index contributed by atoms with van der Waals surface area (Å²) < 4.78 is 0. The number of nitrogens with one attached hydrogen (secondary N) is 1. The Hall–Kier alpha value is -5.85. The van der Waals surface area contributed by atoms with Crippen molar-refractivity contribution in [3.05, 3.63) is 96.1 Å². The summed E-state index contributed by atoms with van der Waals surface area (Å²) in [6.07, 6.45) is -0.198. The highest BCUT2D eigenvalue weighted by Crippen LogP contribution is 2.34. The lowest BCUT2D eigenvalue weighted by Gasteiger charge is -2.37. The molecule has 1 amide bonds. The molecule has 2 aromatic heterocycles. The van der Waals surface area contributed by atoms with Crippen molar-refractivity contribution in [3.63, 3.8) is 0 Å². The number of para-hydroxylation sites is 2. The molecule has 2 fully saturated rings. The molecule has 2 saturated heterocycles. The number of carbonyl (C=O) groups is 1. The Morgan fingerprint density at radius 2 is 1.14 bits per heavy atom. The number of phenolic OH excluding ortho intramolecular Hbond substituents is 2. The number of fused-ring (bicyclic) bond motifs is 2. The standard InChI is InChI=1S/C25H30N4O3.C19H20N4O/c1-4-17(3)22(31)25(32)29-13-11-28(12-14-29)24-18-10-9-16(2)15-20(18)26-23(27-24)19-7-5-6-8-21(19)30;1-13-6-7-14-16(12-13)21-18(15-4-2-3-5-17(15)24)22-19(14)23-10-8-20-9-11-23/h5-10,15,17,22,30-31H,4,11-14H2,1-3H3;2-7,12,20,24H,8-11H2,1H3/t17-,22-;/m1./s1. The highest BCUT2D eigenvalue weighted by atomic mass is 16.3. The number of nitrogens with zero attached hydrogens (tertiary/aromatic N) is 7. The third kappa shape index (κ3) is 8.22. The van der Waals surface area contributed by atoms with E-state index in [4.69, 9.17) is 19.9 Å². The van der Waals surface area contributed by atoms with Crippen molar-refractivity contribution in [1.29, 1.82) is 0 Å². The average molecular weight is 755 g/mol. The van der Waals surface area contributed by atoms with Gasteiger partial charge in [-0.3, -0.25) is 4.79 Å². The highest BCUT2D eigenvalue weighted by Gasteiger charge is 2.30.